The van der Waals surface area contributed by atoms with E-state index in [2.05, 4.69) is 27.7 Å². The zero-order valence-corrected chi connectivity index (χ0v) is 11.4. The van der Waals surface area contributed by atoms with Crippen LogP contribution in [0.2, 0.25) is 0 Å². The molecule has 0 aliphatic rings. The standard InChI is InChI=1S/C12H26O2S/c1-5-11(3)13-7-9-15-10-8-14-12(4)6-2/h11-12H,5-10H2,1-4H3. The topological polar surface area (TPSA) is 18.5 Å². The van der Waals surface area contributed by atoms with Crippen molar-refractivity contribution in [3.8, 4) is 0 Å². The van der Waals surface area contributed by atoms with Crippen LogP contribution >= 0.6 is 11.8 Å². The van der Waals surface area contributed by atoms with Gasteiger partial charge >= 0.3 is 0 Å². The molecule has 0 aromatic carbocycles. The third-order valence-electron chi connectivity index (χ3n) is 2.41. The predicted molar refractivity (Wildman–Crippen MR) is 68.7 cm³/mol. The quantitative estimate of drug-likeness (QED) is 0.540. The molecule has 0 spiro atoms. The highest BCUT2D eigenvalue weighted by molar-refractivity contribution is 7.99. The van der Waals surface area contributed by atoms with Crippen molar-refractivity contribution in [1.82, 2.24) is 0 Å². The molecule has 0 fully saturated rings. The first-order chi connectivity index (χ1) is 7.20. The van der Waals surface area contributed by atoms with Crippen LogP contribution in [0.4, 0.5) is 0 Å². The van der Waals surface area contributed by atoms with Crippen LogP contribution in [0.15, 0.2) is 0 Å². The van der Waals surface area contributed by atoms with E-state index < -0.39 is 0 Å². The molecule has 0 heterocycles. The molecule has 0 saturated heterocycles. The van der Waals surface area contributed by atoms with Crippen molar-refractivity contribution < 1.29 is 9.47 Å². The van der Waals surface area contributed by atoms with E-state index in [0.29, 0.717) is 12.2 Å². The van der Waals surface area contributed by atoms with Gasteiger partial charge in [-0.15, -0.1) is 0 Å². The van der Waals surface area contributed by atoms with Crippen molar-refractivity contribution in [1.29, 1.82) is 0 Å². The summed E-state index contributed by atoms with van der Waals surface area (Å²) in [7, 11) is 0. The van der Waals surface area contributed by atoms with Crippen LogP contribution in [0.25, 0.3) is 0 Å². The molecule has 0 N–H and O–H groups in total. The van der Waals surface area contributed by atoms with Gasteiger partial charge in [-0.05, 0) is 26.7 Å². The fraction of sp³-hybridized carbons (Fsp3) is 1.00. The Hall–Kier alpha value is 0.270. The van der Waals surface area contributed by atoms with Gasteiger partial charge in [0.2, 0.25) is 0 Å². The van der Waals surface area contributed by atoms with Crippen molar-refractivity contribution in [3.63, 3.8) is 0 Å². The van der Waals surface area contributed by atoms with E-state index >= 15 is 0 Å². The summed E-state index contributed by atoms with van der Waals surface area (Å²) >= 11 is 1.91. The SMILES string of the molecule is CCC(C)OCCSCCOC(C)CC. The largest absolute Gasteiger partial charge is 0.378 e. The first-order valence-electron chi connectivity index (χ1n) is 6.01. The highest BCUT2D eigenvalue weighted by Crippen LogP contribution is 2.04. The smallest absolute Gasteiger partial charge is 0.0560 e. The molecule has 2 atom stereocenters. The van der Waals surface area contributed by atoms with Gasteiger partial charge in [0.25, 0.3) is 0 Å². The first-order valence-corrected chi connectivity index (χ1v) is 7.17. The van der Waals surface area contributed by atoms with E-state index in [0.717, 1.165) is 37.6 Å². The number of ether oxygens (including phenoxy) is 2. The molecular weight excluding hydrogens is 208 g/mol. The molecule has 0 bridgehead atoms. The molecule has 0 amide bonds. The van der Waals surface area contributed by atoms with Gasteiger partial charge in [-0.2, -0.15) is 11.8 Å². The van der Waals surface area contributed by atoms with Crippen LogP contribution < -0.4 is 0 Å². The van der Waals surface area contributed by atoms with E-state index in [9.17, 15) is 0 Å². The van der Waals surface area contributed by atoms with E-state index in [1.807, 2.05) is 11.8 Å². The first kappa shape index (κ1) is 15.3. The van der Waals surface area contributed by atoms with Crippen LogP contribution in [0.1, 0.15) is 40.5 Å². The van der Waals surface area contributed by atoms with Crippen LogP contribution in [0.3, 0.4) is 0 Å². The molecule has 0 rings (SSSR count). The maximum absolute atomic E-state index is 5.58. The molecule has 0 radical (unpaired) electrons. The fourth-order valence-electron chi connectivity index (χ4n) is 0.954. The fourth-order valence-corrected chi connectivity index (χ4v) is 1.59. The molecule has 0 aliphatic heterocycles. The van der Waals surface area contributed by atoms with Crippen LogP contribution in [0, 0.1) is 0 Å². The summed E-state index contributed by atoms with van der Waals surface area (Å²) in [5.74, 6) is 2.16. The Morgan fingerprint density at radius 3 is 1.60 bits per heavy atom. The Balaban J connectivity index is 3.05. The molecule has 0 aromatic rings. The Morgan fingerprint density at radius 1 is 0.867 bits per heavy atom. The normalized spacial score (nSPS) is 15.2. The zero-order chi connectivity index (χ0) is 11.5. The van der Waals surface area contributed by atoms with Crippen LogP contribution in [-0.4, -0.2) is 36.9 Å². The Morgan fingerprint density at radius 2 is 1.27 bits per heavy atom. The third-order valence-corrected chi connectivity index (χ3v) is 3.32. The van der Waals surface area contributed by atoms with Gasteiger partial charge in [-0.3, -0.25) is 0 Å². The highest BCUT2D eigenvalue weighted by atomic mass is 32.2. The summed E-state index contributed by atoms with van der Waals surface area (Å²) in [6.45, 7) is 10.3. The van der Waals surface area contributed by atoms with Gasteiger partial charge in [0.05, 0.1) is 25.4 Å². The Kier molecular flexibility index (Phi) is 11.0. The summed E-state index contributed by atoms with van der Waals surface area (Å²) < 4.78 is 11.2. The molecule has 0 saturated carbocycles. The van der Waals surface area contributed by atoms with Crippen molar-refractivity contribution in [2.24, 2.45) is 0 Å². The van der Waals surface area contributed by atoms with Crippen LogP contribution in [0.5, 0.6) is 0 Å². The van der Waals surface area contributed by atoms with E-state index in [-0.39, 0.29) is 0 Å². The maximum atomic E-state index is 5.58. The molecule has 15 heavy (non-hydrogen) atoms. The molecule has 3 heteroatoms. The highest BCUT2D eigenvalue weighted by Gasteiger charge is 1.99. The molecule has 0 aliphatic carbocycles. The summed E-state index contributed by atoms with van der Waals surface area (Å²) in [4.78, 5) is 0. The van der Waals surface area contributed by atoms with Gasteiger partial charge in [-0.25, -0.2) is 0 Å². The minimum atomic E-state index is 0.405. The van der Waals surface area contributed by atoms with E-state index in [1.165, 1.54) is 0 Å². The lowest BCUT2D eigenvalue weighted by molar-refractivity contribution is 0.0738. The predicted octanol–water partition coefficient (Wildman–Crippen LogP) is 3.35. The summed E-state index contributed by atoms with van der Waals surface area (Å²) in [5, 5.41) is 0. The van der Waals surface area contributed by atoms with Gasteiger partial charge in [0, 0.05) is 11.5 Å². The van der Waals surface area contributed by atoms with Crippen molar-refractivity contribution in [2.75, 3.05) is 24.7 Å². The number of hydrogen-bond acceptors (Lipinski definition) is 3. The van der Waals surface area contributed by atoms with Crippen molar-refractivity contribution >= 4 is 11.8 Å². The molecular formula is C12H26O2S. The lowest BCUT2D eigenvalue weighted by atomic mass is 10.3. The van der Waals surface area contributed by atoms with Gasteiger partial charge in [0.1, 0.15) is 0 Å². The number of hydrogen-bond donors (Lipinski definition) is 0. The third kappa shape index (κ3) is 10.6. The van der Waals surface area contributed by atoms with Gasteiger partial charge in [0.15, 0.2) is 0 Å². The lowest BCUT2D eigenvalue weighted by Gasteiger charge is -2.11. The lowest BCUT2D eigenvalue weighted by Crippen LogP contribution is -2.11. The van der Waals surface area contributed by atoms with E-state index in [1.54, 1.807) is 0 Å². The second kappa shape index (κ2) is 10.8. The second-order valence-electron chi connectivity index (χ2n) is 3.79. The van der Waals surface area contributed by atoms with Crippen LogP contribution in [-0.2, 0) is 9.47 Å². The van der Waals surface area contributed by atoms with E-state index in [4.69, 9.17) is 9.47 Å². The summed E-state index contributed by atoms with van der Waals surface area (Å²) in [6.07, 6.45) is 3.01. The second-order valence-corrected chi connectivity index (χ2v) is 5.02. The molecule has 2 unspecified atom stereocenters. The van der Waals surface area contributed by atoms with Gasteiger partial charge < -0.3 is 9.47 Å². The van der Waals surface area contributed by atoms with Crippen molar-refractivity contribution in [3.05, 3.63) is 0 Å². The number of rotatable bonds is 10. The average Bonchev–Trinajstić information content (AvgIpc) is 2.26. The monoisotopic (exact) mass is 234 g/mol. The van der Waals surface area contributed by atoms with Crippen molar-refractivity contribution in [2.45, 2.75) is 52.7 Å². The van der Waals surface area contributed by atoms with Gasteiger partial charge in [-0.1, -0.05) is 13.8 Å². The summed E-state index contributed by atoms with van der Waals surface area (Å²) in [5.41, 5.74) is 0. The maximum Gasteiger partial charge on any atom is 0.0560 e. The molecule has 0 aromatic heterocycles. The minimum Gasteiger partial charge on any atom is -0.378 e. The Labute approximate surface area is 99.1 Å². The zero-order valence-electron chi connectivity index (χ0n) is 10.6. The number of thioether (sulfide) groups is 1. The average molecular weight is 234 g/mol. The molecule has 92 valence electrons. The molecule has 2 nitrogen and oxygen atoms in total. The summed E-state index contributed by atoms with van der Waals surface area (Å²) in [6, 6.07) is 0. The minimum absolute atomic E-state index is 0.405. The Bertz CT molecular complexity index is 117.